The molecule has 0 saturated heterocycles. The van der Waals surface area contributed by atoms with E-state index >= 15 is 0 Å². The Hall–Kier alpha value is -2.34. The van der Waals surface area contributed by atoms with E-state index in [-0.39, 0.29) is 24.5 Å². The van der Waals surface area contributed by atoms with Gasteiger partial charge in [0.1, 0.15) is 5.69 Å². The molecule has 6 heteroatoms. The highest BCUT2D eigenvalue weighted by Crippen LogP contribution is 2.26. The van der Waals surface area contributed by atoms with Crippen LogP contribution in [0, 0.1) is 13.8 Å². The number of H-pyrrole nitrogens is 1. The van der Waals surface area contributed by atoms with E-state index in [1.165, 1.54) is 5.56 Å². The SMILES string of the molecule is CCN(CC(=O)O)C1CC(NC(=O)c2cc3c(C)cc(C)cc3[nH]2)C1. The maximum atomic E-state index is 12.5. The van der Waals surface area contributed by atoms with Crippen molar-refractivity contribution in [2.75, 3.05) is 13.1 Å². The van der Waals surface area contributed by atoms with Gasteiger partial charge in [0.15, 0.2) is 0 Å². The topological polar surface area (TPSA) is 85.4 Å². The highest BCUT2D eigenvalue weighted by atomic mass is 16.4. The Bertz CT molecular complexity index is 806. The lowest BCUT2D eigenvalue weighted by Crippen LogP contribution is -2.54. The van der Waals surface area contributed by atoms with Crippen molar-refractivity contribution in [3.05, 3.63) is 35.0 Å². The summed E-state index contributed by atoms with van der Waals surface area (Å²) < 4.78 is 0. The number of hydrogen-bond donors (Lipinski definition) is 3. The van der Waals surface area contributed by atoms with Gasteiger partial charge in [0, 0.05) is 23.0 Å². The van der Waals surface area contributed by atoms with Crippen LogP contribution in [0.25, 0.3) is 10.9 Å². The van der Waals surface area contributed by atoms with Gasteiger partial charge in [0.05, 0.1) is 6.54 Å². The lowest BCUT2D eigenvalue weighted by atomic mass is 9.85. The molecule has 0 radical (unpaired) electrons. The Kier molecular flexibility index (Phi) is 4.81. The Balaban J connectivity index is 1.61. The van der Waals surface area contributed by atoms with Crippen LogP contribution in [0.3, 0.4) is 0 Å². The number of carboxylic acids is 1. The largest absolute Gasteiger partial charge is 0.480 e. The van der Waals surface area contributed by atoms with Crippen LogP contribution in [0.4, 0.5) is 0 Å². The average molecular weight is 343 g/mol. The van der Waals surface area contributed by atoms with Crippen LogP contribution >= 0.6 is 0 Å². The molecule has 0 bridgehead atoms. The highest BCUT2D eigenvalue weighted by Gasteiger charge is 2.34. The summed E-state index contributed by atoms with van der Waals surface area (Å²) in [5.41, 5.74) is 3.87. The monoisotopic (exact) mass is 343 g/mol. The first kappa shape index (κ1) is 17.5. The number of aromatic nitrogens is 1. The van der Waals surface area contributed by atoms with Crippen molar-refractivity contribution in [1.29, 1.82) is 0 Å². The summed E-state index contributed by atoms with van der Waals surface area (Å²) in [5.74, 6) is -0.906. The van der Waals surface area contributed by atoms with E-state index in [4.69, 9.17) is 5.11 Å². The van der Waals surface area contributed by atoms with E-state index in [1.54, 1.807) is 0 Å². The fourth-order valence-corrected chi connectivity index (χ4v) is 3.66. The third kappa shape index (κ3) is 3.69. The lowest BCUT2D eigenvalue weighted by molar-refractivity contribution is -0.139. The second kappa shape index (κ2) is 6.88. The number of aryl methyl sites for hydroxylation is 2. The molecule has 1 heterocycles. The number of amides is 1. The summed E-state index contributed by atoms with van der Waals surface area (Å²) >= 11 is 0. The molecule has 3 rings (SSSR count). The molecule has 0 atom stereocenters. The minimum Gasteiger partial charge on any atom is -0.480 e. The zero-order valence-corrected chi connectivity index (χ0v) is 14.9. The maximum absolute atomic E-state index is 12.5. The third-order valence-electron chi connectivity index (χ3n) is 5.04. The number of likely N-dealkylation sites (N-methyl/N-ethyl adjacent to an activating group) is 1. The second-order valence-corrected chi connectivity index (χ2v) is 6.98. The first-order valence-corrected chi connectivity index (χ1v) is 8.74. The van der Waals surface area contributed by atoms with Gasteiger partial charge in [0.2, 0.25) is 0 Å². The Morgan fingerprint density at radius 2 is 2.00 bits per heavy atom. The number of nitrogens with zero attached hydrogens (tertiary/aromatic N) is 1. The first-order chi connectivity index (χ1) is 11.9. The number of aliphatic carboxylic acids is 1. The van der Waals surface area contributed by atoms with Crippen molar-refractivity contribution < 1.29 is 14.7 Å². The van der Waals surface area contributed by atoms with Crippen molar-refractivity contribution in [3.8, 4) is 0 Å². The predicted octanol–water partition coefficient (Wildman–Crippen LogP) is 2.45. The Labute approximate surface area is 147 Å². The second-order valence-electron chi connectivity index (χ2n) is 6.98. The minimum atomic E-state index is -0.807. The number of hydrogen-bond acceptors (Lipinski definition) is 3. The molecule has 1 fully saturated rings. The molecular formula is C19H25N3O3. The molecular weight excluding hydrogens is 318 g/mol. The third-order valence-corrected chi connectivity index (χ3v) is 5.04. The van der Waals surface area contributed by atoms with Crippen molar-refractivity contribution in [3.63, 3.8) is 0 Å². The number of fused-ring (bicyclic) bond motifs is 1. The molecule has 1 aromatic carbocycles. The van der Waals surface area contributed by atoms with Crippen molar-refractivity contribution in [2.45, 2.75) is 45.7 Å². The number of nitrogens with one attached hydrogen (secondary N) is 2. The molecule has 6 nitrogen and oxygen atoms in total. The van der Waals surface area contributed by atoms with Crippen LogP contribution in [-0.2, 0) is 4.79 Å². The zero-order chi connectivity index (χ0) is 18.1. The standard InChI is InChI=1S/C19H25N3O3/c1-4-22(10-18(23)24)14-7-13(8-14)20-19(25)17-9-15-12(3)5-11(2)6-16(15)21-17/h5-6,9,13-14,21H,4,7-8,10H2,1-3H3,(H,20,25)(H,23,24). The molecule has 1 aromatic heterocycles. The summed E-state index contributed by atoms with van der Waals surface area (Å²) in [4.78, 5) is 28.5. The van der Waals surface area contributed by atoms with E-state index < -0.39 is 5.97 Å². The molecule has 1 aliphatic carbocycles. The molecule has 1 amide bonds. The number of aromatic amines is 1. The smallest absolute Gasteiger partial charge is 0.317 e. The average Bonchev–Trinajstić information content (AvgIpc) is 2.92. The molecule has 0 unspecified atom stereocenters. The number of carbonyl (C=O) groups is 2. The summed E-state index contributed by atoms with van der Waals surface area (Å²) in [6.07, 6.45) is 1.59. The zero-order valence-electron chi connectivity index (χ0n) is 14.9. The minimum absolute atomic E-state index is 0.0580. The molecule has 1 saturated carbocycles. The van der Waals surface area contributed by atoms with Crippen molar-refractivity contribution in [2.24, 2.45) is 0 Å². The molecule has 134 valence electrons. The van der Waals surface area contributed by atoms with Gasteiger partial charge in [-0.1, -0.05) is 13.0 Å². The summed E-state index contributed by atoms with van der Waals surface area (Å²) in [6.45, 7) is 6.81. The molecule has 3 N–H and O–H groups in total. The van der Waals surface area contributed by atoms with Gasteiger partial charge in [-0.25, -0.2) is 0 Å². The van der Waals surface area contributed by atoms with Gasteiger partial charge in [-0.05, 0) is 56.5 Å². The van der Waals surface area contributed by atoms with E-state index in [2.05, 4.69) is 16.4 Å². The lowest BCUT2D eigenvalue weighted by Gasteiger charge is -2.42. The van der Waals surface area contributed by atoms with Gasteiger partial charge in [-0.2, -0.15) is 0 Å². The number of carboxylic acid groups (broad SMARTS) is 1. The van der Waals surface area contributed by atoms with Crippen molar-refractivity contribution in [1.82, 2.24) is 15.2 Å². The van der Waals surface area contributed by atoms with Crippen molar-refractivity contribution >= 4 is 22.8 Å². The fraction of sp³-hybridized carbons (Fsp3) is 0.474. The Morgan fingerprint density at radius 1 is 1.28 bits per heavy atom. The van der Waals surface area contributed by atoms with Crippen LogP contribution in [0.5, 0.6) is 0 Å². The molecule has 0 spiro atoms. The van der Waals surface area contributed by atoms with Crippen LogP contribution in [0.15, 0.2) is 18.2 Å². The normalized spacial score (nSPS) is 19.8. The van der Waals surface area contributed by atoms with Gasteiger partial charge < -0.3 is 15.4 Å². The number of rotatable bonds is 6. The number of carbonyl (C=O) groups excluding carboxylic acids is 1. The maximum Gasteiger partial charge on any atom is 0.317 e. The van der Waals surface area contributed by atoms with E-state index in [9.17, 15) is 9.59 Å². The quantitative estimate of drug-likeness (QED) is 0.752. The van der Waals surface area contributed by atoms with Gasteiger partial charge >= 0.3 is 5.97 Å². The van der Waals surface area contributed by atoms with Gasteiger partial charge in [0.25, 0.3) is 5.91 Å². The first-order valence-electron chi connectivity index (χ1n) is 8.74. The highest BCUT2D eigenvalue weighted by molar-refractivity contribution is 5.99. The van der Waals surface area contributed by atoms with Crippen LogP contribution in [0.1, 0.15) is 41.4 Å². The van der Waals surface area contributed by atoms with Crippen LogP contribution in [-0.4, -0.2) is 52.0 Å². The van der Waals surface area contributed by atoms with E-state index in [0.717, 1.165) is 29.3 Å². The number of benzene rings is 1. The summed E-state index contributed by atoms with van der Waals surface area (Å²) in [5, 5.41) is 13.1. The van der Waals surface area contributed by atoms with Gasteiger partial charge in [-0.15, -0.1) is 0 Å². The predicted molar refractivity (Wildman–Crippen MR) is 96.9 cm³/mol. The van der Waals surface area contributed by atoms with Gasteiger partial charge in [-0.3, -0.25) is 14.5 Å². The molecule has 1 aliphatic rings. The Morgan fingerprint density at radius 3 is 2.64 bits per heavy atom. The van der Waals surface area contributed by atoms with Crippen LogP contribution < -0.4 is 5.32 Å². The molecule has 0 aliphatic heterocycles. The van der Waals surface area contributed by atoms with E-state index in [1.807, 2.05) is 37.8 Å². The van der Waals surface area contributed by atoms with Crippen LogP contribution in [0.2, 0.25) is 0 Å². The summed E-state index contributed by atoms with van der Waals surface area (Å²) in [7, 11) is 0. The molecule has 2 aromatic rings. The summed E-state index contributed by atoms with van der Waals surface area (Å²) in [6, 6.07) is 6.39. The molecule has 25 heavy (non-hydrogen) atoms. The fourth-order valence-electron chi connectivity index (χ4n) is 3.66. The van der Waals surface area contributed by atoms with E-state index in [0.29, 0.717) is 12.2 Å².